The van der Waals surface area contributed by atoms with Crippen molar-refractivity contribution in [3.05, 3.63) is 88.5 Å². The van der Waals surface area contributed by atoms with E-state index in [2.05, 4.69) is 30.5 Å². The molecule has 0 radical (unpaired) electrons. The summed E-state index contributed by atoms with van der Waals surface area (Å²) in [5.41, 5.74) is 4.17. The Kier molecular flexibility index (Phi) is 6.62. The van der Waals surface area contributed by atoms with Crippen LogP contribution in [0.15, 0.2) is 66.4 Å². The number of thiazole rings is 2. The van der Waals surface area contributed by atoms with Gasteiger partial charge < -0.3 is 19.3 Å². The molecule has 12 nitrogen and oxygen atoms in total. The molecule has 218 valence electrons. The molecule has 2 aliphatic heterocycles. The van der Waals surface area contributed by atoms with E-state index in [1.165, 1.54) is 11.3 Å². The summed E-state index contributed by atoms with van der Waals surface area (Å²) in [7, 11) is 0. The molecule has 0 bridgehead atoms. The van der Waals surface area contributed by atoms with E-state index in [9.17, 15) is 5.11 Å². The third-order valence-corrected chi connectivity index (χ3v) is 9.60. The molecular formula is C29H26N8O4S2. The van der Waals surface area contributed by atoms with Crippen molar-refractivity contribution in [1.82, 2.24) is 39.7 Å². The highest BCUT2D eigenvalue weighted by Crippen LogP contribution is 2.44. The van der Waals surface area contributed by atoms with Crippen LogP contribution in [-0.2, 0) is 14.2 Å². The molecule has 2 saturated heterocycles. The number of aryl methyl sites for hydroxylation is 2. The Morgan fingerprint density at radius 2 is 1.91 bits per heavy atom. The first kappa shape index (κ1) is 26.7. The summed E-state index contributed by atoms with van der Waals surface area (Å²) in [5.74, 6) is 0.456. The molecule has 6 heterocycles. The average Bonchev–Trinajstić information content (AvgIpc) is 3.83. The van der Waals surface area contributed by atoms with Gasteiger partial charge in [-0.3, -0.25) is 4.57 Å². The zero-order valence-electron chi connectivity index (χ0n) is 23.1. The second-order valence-electron chi connectivity index (χ2n) is 10.6. The molecule has 14 heteroatoms. The first-order valence-electron chi connectivity index (χ1n) is 13.8. The summed E-state index contributed by atoms with van der Waals surface area (Å²) in [6.07, 6.45) is -0.286. The molecular weight excluding hydrogens is 589 g/mol. The van der Waals surface area contributed by atoms with Gasteiger partial charge in [-0.05, 0) is 32.0 Å². The molecule has 1 N–H and O–H groups in total. The van der Waals surface area contributed by atoms with E-state index in [1.807, 2.05) is 72.3 Å². The molecule has 6 atom stereocenters. The van der Waals surface area contributed by atoms with Gasteiger partial charge in [-0.25, -0.2) is 14.6 Å². The van der Waals surface area contributed by atoms with Crippen molar-refractivity contribution in [1.29, 1.82) is 0 Å². The summed E-state index contributed by atoms with van der Waals surface area (Å²) in [6.45, 7) is 4.17. The van der Waals surface area contributed by atoms with Gasteiger partial charge in [-0.15, -0.1) is 38.0 Å². The van der Waals surface area contributed by atoms with Gasteiger partial charge in [0.1, 0.15) is 47.5 Å². The van der Waals surface area contributed by atoms with Crippen molar-refractivity contribution in [2.75, 3.05) is 6.61 Å². The molecule has 0 saturated carbocycles. The zero-order chi connectivity index (χ0) is 29.1. The van der Waals surface area contributed by atoms with Crippen molar-refractivity contribution in [3.8, 4) is 16.4 Å². The summed E-state index contributed by atoms with van der Waals surface area (Å²) in [4.78, 5) is 9.12. The Hall–Kier alpha value is -3.92. The highest BCUT2D eigenvalue weighted by molar-refractivity contribution is 7.18. The minimum Gasteiger partial charge on any atom is -0.388 e. The maximum absolute atomic E-state index is 12.0. The van der Waals surface area contributed by atoms with E-state index in [4.69, 9.17) is 14.2 Å². The van der Waals surface area contributed by atoms with Gasteiger partial charge in [0, 0.05) is 22.3 Å². The molecule has 0 aliphatic carbocycles. The minimum absolute atomic E-state index is 0.247. The monoisotopic (exact) mass is 614 g/mol. The fourth-order valence-corrected chi connectivity index (χ4v) is 7.32. The van der Waals surface area contributed by atoms with Crippen LogP contribution < -0.4 is 0 Å². The number of aromatic nitrogens is 8. The standard InChI is InChI=1S/C29H26N8O4S2/c1-15-13-42-28(31-15)20-11-37(35-33-20)23-24(38)26(40-21-12-39-29(41-25(21)23)17-6-4-3-5-7-17)27-34-30-14-36(27)18-8-9-19-22(10-18)43-16(2)32-19/h3-11,13-14,21,23-26,29,38H,12H2,1-2H3/t21?,23-,24?,25+,26-,29?/m1/s1. The molecule has 2 aromatic carbocycles. The van der Waals surface area contributed by atoms with E-state index < -0.39 is 36.7 Å². The molecule has 3 unspecified atom stereocenters. The fourth-order valence-electron chi connectivity index (χ4n) is 5.72. The van der Waals surface area contributed by atoms with Crippen molar-refractivity contribution < 1.29 is 19.3 Å². The minimum atomic E-state index is -1.11. The first-order chi connectivity index (χ1) is 21.0. The normalized spacial score (nSPS) is 25.7. The van der Waals surface area contributed by atoms with E-state index in [0.29, 0.717) is 11.5 Å². The van der Waals surface area contributed by atoms with Crippen molar-refractivity contribution in [3.63, 3.8) is 0 Å². The van der Waals surface area contributed by atoms with Gasteiger partial charge in [-0.2, -0.15) is 0 Å². The quantitative estimate of drug-likeness (QED) is 0.298. The smallest absolute Gasteiger partial charge is 0.184 e. The number of aliphatic hydroxyl groups excluding tert-OH is 1. The second-order valence-corrected chi connectivity index (χ2v) is 12.7. The molecule has 2 aliphatic rings. The highest BCUT2D eigenvalue weighted by atomic mass is 32.1. The molecule has 2 fully saturated rings. The number of ether oxygens (including phenoxy) is 3. The van der Waals surface area contributed by atoms with E-state index in [-0.39, 0.29) is 6.61 Å². The van der Waals surface area contributed by atoms with Crippen molar-refractivity contribution >= 4 is 32.9 Å². The third-order valence-electron chi connectivity index (χ3n) is 7.69. The van der Waals surface area contributed by atoms with Crippen LogP contribution in [0.3, 0.4) is 0 Å². The van der Waals surface area contributed by atoms with Crippen LogP contribution in [-0.4, -0.2) is 69.8 Å². The lowest BCUT2D eigenvalue weighted by Gasteiger charge is -2.47. The number of hydrogen-bond donors (Lipinski definition) is 1. The second kappa shape index (κ2) is 10.7. The maximum Gasteiger partial charge on any atom is 0.184 e. The van der Waals surface area contributed by atoms with Crippen LogP contribution in [0.25, 0.3) is 26.6 Å². The number of benzene rings is 2. The number of aliphatic hydroxyl groups is 1. The zero-order valence-corrected chi connectivity index (χ0v) is 24.7. The van der Waals surface area contributed by atoms with Gasteiger partial charge in [0.2, 0.25) is 0 Å². The fraction of sp³-hybridized carbons (Fsp3) is 0.310. The predicted octanol–water partition coefficient (Wildman–Crippen LogP) is 4.37. The van der Waals surface area contributed by atoms with Crippen LogP contribution >= 0.6 is 22.7 Å². The first-order valence-corrected chi connectivity index (χ1v) is 15.5. The topological polar surface area (TPSA) is 135 Å². The van der Waals surface area contributed by atoms with Crippen LogP contribution in [0.2, 0.25) is 0 Å². The number of rotatable bonds is 5. The third kappa shape index (κ3) is 4.76. The Balaban J connectivity index is 1.17. The Bertz CT molecular complexity index is 1900. The van der Waals surface area contributed by atoms with Crippen LogP contribution in [0.4, 0.5) is 0 Å². The molecule has 0 amide bonds. The van der Waals surface area contributed by atoms with Crippen molar-refractivity contribution in [2.45, 2.75) is 50.6 Å². The molecule has 43 heavy (non-hydrogen) atoms. The van der Waals surface area contributed by atoms with Gasteiger partial charge in [0.15, 0.2) is 12.1 Å². The van der Waals surface area contributed by atoms with Gasteiger partial charge >= 0.3 is 0 Å². The van der Waals surface area contributed by atoms with Gasteiger partial charge in [-0.1, -0.05) is 35.5 Å². The summed E-state index contributed by atoms with van der Waals surface area (Å²) >= 11 is 3.11. The highest BCUT2D eigenvalue weighted by Gasteiger charge is 2.52. The Morgan fingerprint density at radius 3 is 2.74 bits per heavy atom. The number of nitrogens with zero attached hydrogens (tertiary/aromatic N) is 8. The Labute approximate surface area is 253 Å². The van der Waals surface area contributed by atoms with Gasteiger partial charge in [0.05, 0.1) is 28.0 Å². The average molecular weight is 615 g/mol. The lowest BCUT2D eigenvalue weighted by Crippen LogP contribution is -2.57. The van der Waals surface area contributed by atoms with Crippen LogP contribution in [0.5, 0.6) is 0 Å². The lowest BCUT2D eigenvalue weighted by atomic mass is 9.91. The maximum atomic E-state index is 12.0. The van der Waals surface area contributed by atoms with E-state index >= 15 is 0 Å². The van der Waals surface area contributed by atoms with Crippen LogP contribution in [0, 0.1) is 13.8 Å². The number of fused-ring (bicyclic) bond motifs is 2. The molecule has 0 spiro atoms. The molecule has 8 rings (SSSR count). The molecule has 4 aromatic heterocycles. The predicted molar refractivity (Wildman–Crippen MR) is 158 cm³/mol. The molecule has 6 aromatic rings. The van der Waals surface area contributed by atoms with Crippen LogP contribution in [0.1, 0.15) is 40.5 Å². The number of hydrogen-bond acceptors (Lipinski definition) is 12. The largest absolute Gasteiger partial charge is 0.388 e. The SMILES string of the molecule is Cc1csc(-c2cn([C@@H]3C(O)[C@H](c4nncn4-c4ccc5nc(C)sc5c4)OC4COC(c5ccccc5)O[C@@H]43)nn2)n1. The lowest BCUT2D eigenvalue weighted by molar-refractivity contribution is -0.319. The Morgan fingerprint density at radius 1 is 1.02 bits per heavy atom. The summed E-state index contributed by atoms with van der Waals surface area (Å²) < 4.78 is 23.7. The summed E-state index contributed by atoms with van der Waals surface area (Å²) in [5, 5.41) is 33.2. The van der Waals surface area contributed by atoms with Crippen molar-refractivity contribution in [2.24, 2.45) is 0 Å². The van der Waals surface area contributed by atoms with Gasteiger partial charge in [0.25, 0.3) is 0 Å². The van der Waals surface area contributed by atoms with E-state index in [0.717, 1.165) is 37.2 Å². The van der Waals surface area contributed by atoms with E-state index in [1.54, 1.807) is 28.5 Å². The summed E-state index contributed by atoms with van der Waals surface area (Å²) in [6, 6.07) is 15.0.